The van der Waals surface area contributed by atoms with Crippen LogP contribution in [0.4, 0.5) is 0 Å². The van der Waals surface area contributed by atoms with Crippen molar-refractivity contribution in [1.29, 1.82) is 0 Å². The van der Waals surface area contributed by atoms with Crippen LogP contribution in [0.3, 0.4) is 0 Å². The summed E-state index contributed by atoms with van der Waals surface area (Å²) in [7, 11) is 0. The molecule has 0 aromatic heterocycles. The Morgan fingerprint density at radius 3 is 2.04 bits per heavy atom. The molecule has 0 saturated carbocycles. The van der Waals surface area contributed by atoms with E-state index in [-0.39, 0.29) is 5.41 Å². The summed E-state index contributed by atoms with van der Waals surface area (Å²) in [6.45, 7) is 9.30. The molecule has 0 bridgehead atoms. The third kappa shape index (κ3) is 2.37. The molecule has 1 aliphatic rings. The van der Waals surface area contributed by atoms with E-state index in [0.717, 1.165) is 0 Å². The molecule has 0 nitrogen and oxygen atoms in total. The van der Waals surface area contributed by atoms with Crippen LogP contribution in [0.25, 0.3) is 33.0 Å². The van der Waals surface area contributed by atoms with Gasteiger partial charge in [-0.15, -0.1) is 0 Å². The highest BCUT2D eigenvalue weighted by molar-refractivity contribution is 6.09. The lowest BCUT2D eigenvalue weighted by Crippen LogP contribution is -2.15. The second-order valence-electron chi connectivity index (χ2n) is 8.84. The van der Waals surface area contributed by atoms with Gasteiger partial charge in [-0.25, -0.2) is 0 Å². The van der Waals surface area contributed by atoms with Crippen molar-refractivity contribution >= 4 is 10.8 Å². The molecule has 5 rings (SSSR count). The molecule has 0 amide bonds. The topological polar surface area (TPSA) is 0 Å². The van der Waals surface area contributed by atoms with E-state index >= 15 is 0 Å². The summed E-state index contributed by atoms with van der Waals surface area (Å²) < 4.78 is 0. The molecular formula is C28H26. The van der Waals surface area contributed by atoms with Crippen LogP contribution >= 0.6 is 0 Å². The zero-order chi connectivity index (χ0) is 19.5. The second-order valence-corrected chi connectivity index (χ2v) is 8.84. The van der Waals surface area contributed by atoms with Gasteiger partial charge in [-0.3, -0.25) is 0 Å². The Labute approximate surface area is 167 Å². The smallest absolute Gasteiger partial charge is 0.0159 e. The summed E-state index contributed by atoms with van der Waals surface area (Å²) in [5.41, 5.74) is 9.78. The van der Waals surface area contributed by atoms with Crippen molar-refractivity contribution in [2.45, 2.75) is 39.0 Å². The minimum Gasteiger partial charge on any atom is -0.0622 e. The van der Waals surface area contributed by atoms with Crippen LogP contribution in [0.5, 0.6) is 0 Å². The fourth-order valence-electron chi connectivity index (χ4n) is 4.83. The molecule has 0 N–H and O–H groups in total. The number of rotatable bonds is 2. The number of hydrogen-bond acceptors (Lipinski definition) is 0. The quantitative estimate of drug-likeness (QED) is 0.339. The molecule has 0 heteroatoms. The van der Waals surface area contributed by atoms with Gasteiger partial charge in [0.15, 0.2) is 0 Å². The summed E-state index contributed by atoms with van der Waals surface area (Å²) in [6.07, 6.45) is 0. The van der Waals surface area contributed by atoms with Crippen LogP contribution in [0.2, 0.25) is 0 Å². The van der Waals surface area contributed by atoms with Gasteiger partial charge in [0.2, 0.25) is 0 Å². The first-order chi connectivity index (χ1) is 13.5. The molecule has 4 aromatic rings. The third-order valence-electron chi connectivity index (χ3n) is 6.46. The molecule has 0 spiro atoms. The van der Waals surface area contributed by atoms with Gasteiger partial charge < -0.3 is 0 Å². The van der Waals surface area contributed by atoms with Crippen molar-refractivity contribution in [3.8, 4) is 22.3 Å². The lowest BCUT2D eigenvalue weighted by molar-refractivity contribution is 0.660. The van der Waals surface area contributed by atoms with Gasteiger partial charge in [0.05, 0.1) is 0 Å². The molecule has 1 aliphatic carbocycles. The fraction of sp³-hybridized carbons (Fsp3) is 0.214. The van der Waals surface area contributed by atoms with E-state index < -0.39 is 0 Å². The number of fused-ring (bicyclic) bond motifs is 5. The van der Waals surface area contributed by atoms with E-state index in [1.165, 1.54) is 49.7 Å². The zero-order valence-corrected chi connectivity index (χ0v) is 17.1. The molecule has 0 atom stereocenters. The molecular weight excluding hydrogens is 336 g/mol. The van der Waals surface area contributed by atoms with E-state index in [2.05, 4.69) is 107 Å². The van der Waals surface area contributed by atoms with Gasteiger partial charge in [0.25, 0.3) is 0 Å². The van der Waals surface area contributed by atoms with Crippen LogP contribution < -0.4 is 0 Å². The molecule has 0 saturated heterocycles. The van der Waals surface area contributed by atoms with E-state index in [1.54, 1.807) is 0 Å². The first-order valence-electron chi connectivity index (χ1n) is 10.2. The Morgan fingerprint density at radius 2 is 1.32 bits per heavy atom. The van der Waals surface area contributed by atoms with Crippen molar-refractivity contribution in [2.24, 2.45) is 0 Å². The second kappa shape index (κ2) is 6.07. The highest BCUT2D eigenvalue weighted by atomic mass is 14.4. The van der Waals surface area contributed by atoms with E-state index in [4.69, 9.17) is 0 Å². The Bertz CT molecular complexity index is 1190. The van der Waals surface area contributed by atoms with Gasteiger partial charge in [0, 0.05) is 5.41 Å². The molecule has 0 fully saturated rings. The monoisotopic (exact) mass is 362 g/mol. The third-order valence-corrected chi connectivity index (χ3v) is 6.46. The van der Waals surface area contributed by atoms with Crippen LogP contribution in [-0.4, -0.2) is 0 Å². The summed E-state index contributed by atoms with van der Waals surface area (Å²) in [5.74, 6) is 0.535. The Morgan fingerprint density at radius 1 is 0.643 bits per heavy atom. The maximum Gasteiger partial charge on any atom is 0.0159 e. The highest BCUT2D eigenvalue weighted by Crippen LogP contribution is 2.53. The molecule has 0 unspecified atom stereocenters. The Kier molecular flexibility index (Phi) is 3.74. The largest absolute Gasteiger partial charge is 0.0622 e. The van der Waals surface area contributed by atoms with Gasteiger partial charge in [-0.1, -0.05) is 100 Å². The SMILES string of the molecule is CC(C)c1ccc2c(c1)-c1c(cc(-c3ccccc3)c3ccccc13)C2(C)C. The average molecular weight is 363 g/mol. The van der Waals surface area contributed by atoms with E-state index in [0.29, 0.717) is 5.92 Å². The van der Waals surface area contributed by atoms with E-state index in [1.807, 2.05) is 0 Å². The van der Waals surface area contributed by atoms with Gasteiger partial charge in [-0.2, -0.15) is 0 Å². The maximum absolute atomic E-state index is 2.45. The van der Waals surface area contributed by atoms with Gasteiger partial charge >= 0.3 is 0 Å². The molecule has 0 aliphatic heterocycles. The van der Waals surface area contributed by atoms with Crippen LogP contribution in [0, 0.1) is 0 Å². The maximum atomic E-state index is 2.45. The molecule has 4 aromatic carbocycles. The number of hydrogen-bond donors (Lipinski definition) is 0. The Hall–Kier alpha value is -2.86. The predicted molar refractivity (Wildman–Crippen MR) is 121 cm³/mol. The minimum absolute atomic E-state index is 0.00768. The van der Waals surface area contributed by atoms with Crippen LogP contribution in [0.15, 0.2) is 78.9 Å². The predicted octanol–water partition coefficient (Wildman–Crippen LogP) is 7.94. The molecule has 0 radical (unpaired) electrons. The molecule has 0 heterocycles. The van der Waals surface area contributed by atoms with Crippen molar-refractivity contribution in [2.75, 3.05) is 0 Å². The summed E-state index contributed by atoms with van der Waals surface area (Å²) in [5, 5.41) is 2.71. The van der Waals surface area contributed by atoms with Crippen LogP contribution in [0.1, 0.15) is 50.3 Å². The van der Waals surface area contributed by atoms with Crippen LogP contribution in [-0.2, 0) is 5.41 Å². The van der Waals surface area contributed by atoms with E-state index in [9.17, 15) is 0 Å². The normalized spacial score (nSPS) is 14.3. The average Bonchev–Trinajstić information content (AvgIpc) is 2.95. The highest BCUT2D eigenvalue weighted by Gasteiger charge is 2.37. The lowest BCUT2D eigenvalue weighted by atomic mass is 9.80. The first-order valence-corrected chi connectivity index (χ1v) is 10.2. The van der Waals surface area contributed by atoms with Crippen molar-refractivity contribution in [3.63, 3.8) is 0 Å². The van der Waals surface area contributed by atoms with Crippen molar-refractivity contribution in [1.82, 2.24) is 0 Å². The van der Waals surface area contributed by atoms with Gasteiger partial charge in [0.1, 0.15) is 0 Å². The number of benzene rings is 4. The van der Waals surface area contributed by atoms with Crippen molar-refractivity contribution < 1.29 is 0 Å². The standard InChI is InChI=1S/C28H26/c1-18(2)20-14-15-25-24(16-20)27-22-13-9-8-12-21(22)23(17-26(27)28(25,3)4)19-10-6-5-7-11-19/h5-18H,1-4H3. The minimum atomic E-state index is 0.00768. The molecule has 28 heavy (non-hydrogen) atoms. The summed E-state index contributed by atoms with van der Waals surface area (Å²) >= 11 is 0. The Balaban J connectivity index is 1.90. The summed E-state index contributed by atoms with van der Waals surface area (Å²) in [6, 6.07) is 29.3. The lowest BCUT2D eigenvalue weighted by Gasteiger charge is -2.23. The zero-order valence-electron chi connectivity index (χ0n) is 17.1. The fourth-order valence-corrected chi connectivity index (χ4v) is 4.83. The van der Waals surface area contributed by atoms with Gasteiger partial charge in [-0.05, 0) is 61.7 Å². The first kappa shape index (κ1) is 17.3. The summed E-state index contributed by atoms with van der Waals surface area (Å²) in [4.78, 5) is 0. The molecule has 138 valence electrons. The van der Waals surface area contributed by atoms with Crippen molar-refractivity contribution in [3.05, 3.63) is 95.6 Å².